The molecule has 2 N–H and O–H groups in total. The molecule has 0 saturated carbocycles. The fourth-order valence-electron chi connectivity index (χ4n) is 1.64. The summed E-state index contributed by atoms with van der Waals surface area (Å²) in [6, 6.07) is 9.29. The van der Waals surface area contributed by atoms with Crippen LogP contribution >= 0.6 is 11.3 Å². The molecule has 0 atom stereocenters. The highest BCUT2D eigenvalue weighted by Gasteiger charge is 2.02. The number of rotatable bonds is 5. The van der Waals surface area contributed by atoms with Crippen LogP contribution in [0.2, 0.25) is 0 Å². The van der Waals surface area contributed by atoms with Gasteiger partial charge in [0.1, 0.15) is 0 Å². The molecule has 0 unspecified atom stereocenters. The molecule has 4 nitrogen and oxygen atoms in total. The van der Waals surface area contributed by atoms with E-state index in [1.807, 2.05) is 12.1 Å². The van der Waals surface area contributed by atoms with Crippen molar-refractivity contribution in [1.82, 2.24) is 0 Å². The van der Waals surface area contributed by atoms with Gasteiger partial charge in [-0.1, -0.05) is 0 Å². The number of nitrogens with one attached hydrogen (secondary N) is 2. The van der Waals surface area contributed by atoms with Crippen molar-refractivity contribution in [1.29, 1.82) is 0 Å². The maximum absolute atomic E-state index is 11.1. The number of anilines is 2. The summed E-state index contributed by atoms with van der Waals surface area (Å²) in [6.07, 6.45) is 1.14. The van der Waals surface area contributed by atoms with Gasteiger partial charge < -0.3 is 5.32 Å². The van der Waals surface area contributed by atoms with Gasteiger partial charge in [-0.2, -0.15) is 0 Å². The van der Waals surface area contributed by atoms with E-state index in [2.05, 4.69) is 28.4 Å². The lowest BCUT2D eigenvalue weighted by Crippen LogP contribution is -2.09. The number of sulfonamides is 1. The Hall–Kier alpha value is -1.53. The third kappa shape index (κ3) is 4.25. The first-order valence-corrected chi connectivity index (χ1v) is 8.56. The molecule has 0 saturated heterocycles. The largest absolute Gasteiger partial charge is 0.380 e. The molecule has 0 aliphatic heterocycles. The van der Waals surface area contributed by atoms with Gasteiger partial charge in [-0.15, -0.1) is 11.3 Å². The van der Waals surface area contributed by atoms with Crippen LogP contribution in [0, 0.1) is 6.92 Å². The van der Waals surface area contributed by atoms with Gasteiger partial charge in [-0.05, 0) is 48.2 Å². The number of hydrogen-bond acceptors (Lipinski definition) is 4. The molecule has 1 aromatic carbocycles. The Morgan fingerprint density at radius 2 is 1.74 bits per heavy atom. The molecular formula is C13H16N2O2S2. The van der Waals surface area contributed by atoms with Crippen molar-refractivity contribution in [3.05, 3.63) is 46.2 Å². The predicted octanol–water partition coefficient (Wildman–Crippen LogP) is 3.04. The topological polar surface area (TPSA) is 58.2 Å². The van der Waals surface area contributed by atoms with E-state index in [0.29, 0.717) is 5.69 Å². The Kier molecular flexibility index (Phi) is 4.11. The molecule has 1 aromatic heterocycles. The van der Waals surface area contributed by atoms with E-state index < -0.39 is 10.0 Å². The number of aryl methyl sites for hydroxylation is 1. The zero-order valence-corrected chi connectivity index (χ0v) is 12.4. The van der Waals surface area contributed by atoms with Gasteiger partial charge >= 0.3 is 0 Å². The van der Waals surface area contributed by atoms with Gasteiger partial charge in [0, 0.05) is 22.8 Å². The Labute approximate surface area is 117 Å². The van der Waals surface area contributed by atoms with Crippen LogP contribution < -0.4 is 10.0 Å². The molecule has 2 aromatic rings. The smallest absolute Gasteiger partial charge is 0.229 e. The molecular weight excluding hydrogens is 280 g/mol. The van der Waals surface area contributed by atoms with E-state index >= 15 is 0 Å². The molecule has 102 valence electrons. The van der Waals surface area contributed by atoms with Crippen molar-refractivity contribution in [3.8, 4) is 0 Å². The van der Waals surface area contributed by atoms with Crippen molar-refractivity contribution < 1.29 is 8.42 Å². The van der Waals surface area contributed by atoms with Crippen LogP contribution in [-0.4, -0.2) is 14.7 Å². The number of hydrogen-bond donors (Lipinski definition) is 2. The highest BCUT2D eigenvalue weighted by atomic mass is 32.2. The Balaban J connectivity index is 1.97. The normalized spacial score (nSPS) is 11.3. The lowest BCUT2D eigenvalue weighted by atomic mass is 10.2. The first kappa shape index (κ1) is 13.9. The van der Waals surface area contributed by atoms with Crippen LogP contribution in [0.4, 0.5) is 11.4 Å². The first-order chi connectivity index (χ1) is 8.94. The summed E-state index contributed by atoms with van der Waals surface area (Å²) in [7, 11) is -3.21. The standard InChI is InChI=1S/C13H16N2O2S2/c1-10-7-8-18-13(10)9-14-11-3-5-12(6-4-11)15-19(2,16)17/h3-8,14-15H,9H2,1-2H3. The highest BCUT2D eigenvalue weighted by Crippen LogP contribution is 2.19. The molecule has 0 fully saturated rings. The van der Waals surface area contributed by atoms with Crippen molar-refractivity contribution in [2.45, 2.75) is 13.5 Å². The molecule has 2 rings (SSSR count). The maximum atomic E-state index is 11.1. The summed E-state index contributed by atoms with van der Waals surface area (Å²) in [5.41, 5.74) is 2.82. The van der Waals surface area contributed by atoms with Crippen LogP contribution in [0.1, 0.15) is 10.4 Å². The number of benzene rings is 1. The SMILES string of the molecule is Cc1ccsc1CNc1ccc(NS(C)(=O)=O)cc1. The van der Waals surface area contributed by atoms with Crippen molar-refractivity contribution in [3.63, 3.8) is 0 Å². The van der Waals surface area contributed by atoms with Crippen LogP contribution in [0.3, 0.4) is 0 Å². The van der Waals surface area contributed by atoms with Crippen molar-refractivity contribution in [2.24, 2.45) is 0 Å². The van der Waals surface area contributed by atoms with Gasteiger partial charge in [0.05, 0.1) is 6.26 Å². The molecule has 0 bridgehead atoms. The zero-order chi connectivity index (χ0) is 13.9. The van der Waals surface area contributed by atoms with E-state index in [0.717, 1.165) is 18.5 Å². The summed E-state index contributed by atoms with van der Waals surface area (Å²) in [6.45, 7) is 2.87. The van der Waals surface area contributed by atoms with Gasteiger partial charge in [0.2, 0.25) is 10.0 Å². The Bertz CT molecular complexity index is 646. The second kappa shape index (κ2) is 5.63. The summed E-state index contributed by atoms with van der Waals surface area (Å²) in [5, 5.41) is 5.39. The highest BCUT2D eigenvalue weighted by molar-refractivity contribution is 7.92. The fraction of sp³-hybridized carbons (Fsp3) is 0.231. The second-order valence-corrected chi connectivity index (χ2v) is 7.08. The molecule has 0 amide bonds. The lowest BCUT2D eigenvalue weighted by Gasteiger charge is -2.08. The average molecular weight is 296 g/mol. The van der Waals surface area contributed by atoms with Crippen LogP contribution in [-0.2, 0) is 16.6 Å². The zero-order valence-electron chi connectivity index (χ0n) is 10.8. The van der Waals surface area contributed by atoms with Gasteiger partial charge in [-0.25, -0.2) is 8.42 Å². The molecule has 1 heterocycles. The van der Waals surface area contributed by atoms with Gasteiger partial charge in [0.15, 0.2) is 0 Å². The van der Waals surface area contributed by atoms with E-state index in [1.165, 1.54) is 10.4 Å². The molecule has 0 spiro atoms. The minimum absolute atomic E-state index is 0.570. The van der Waals surface area contributed by atoms with Crippen molar-refractivity contribution in [2.75, 3.05) is 16.3 Å². The number of thiophene rings is 1. The lowest BCUT2D eigenvalue weighted by molar-refractivity contribution is 0.607. The average Bonchev–Trinajstić information content (AvgIpc) is 2.72. The van der Waals surface area contributed by atoms with Crippen LogP contribution in [0.5, 0.6) is 0 Å². The van der Waals surface area contributed by atoms with Gasteiger partial charge in [0.25, 0.3) is 0 Å². The Morgan fingerprint density at radius 1 is 1.11 bits per heavy atom. The maximum Gasteiger partial charge on any atom is 0.229 e. The van der Waals surface area contributed by atoms with Crippen LogP contribution in [0.25, 0.3) is 0 Å². The summed E-state index contributed by atoms with van der Waals surface area (Å²) >= 11 is 1.73. The van der Waals surface area contributed by atoms with E-state index in [-0.39, 0.29) is 0 Å². The minimum atomic E-state index is -3.21. The first-order valence-electron chi connectivity index (χ1n) is 5.79. The summed E-state index contributed by atoms with van der Waals surface area (Å²) in [5.74, 6) is 0. The minimum Gasteiger partial charge on any atom is -0.380 e. The van der Waals surface area contributed by atoms with E-state index in [4.69, 9.17) is 0 Å². The monoisotopic (exact) mass is 296 g/mol. The Morgan fingerprint density at radius 3 is 2.26 bits per heavy atom. The molecule has 6 heteroatoms. The predicted molar refractivity (Wildman–Crippen MR) is 81.3 cm³/mol. The molecule has 0 aliphatic carbocycles. The summed E-state index contributed by atoms with van der Waals surface area (Å²) in [4.78, 5) is 1.30. The fourth-order valence-corrected chi connectivity index (χ4v) is 3.05. The summed E-state index contributed by atoms with van der Waals surface area (Å²) < 4.78 is 24.6. The third-order valence-corrected chi connectivity index (χ3v) is 4.24. The van der Waals surface area contributed by atoms with E-state index in [9.17, 15) is 8.42 Å². The third-order valence-electron chi connectivity index (χ3n) is 2.61. The molecule has 0 aliphatic rings. The molecule has 0 radical (unpaired) electrons. The molecule has 19 heavy (non-hydrogen) atoms. The quantitative estimate of drug-likeness (QED) is 0.891. The van der Waals surface area contributed by atoms with Gasteiger partial charge in [-0.3, -0.25) is 4.72 Å². The van der Waals surface area contributed by atoms with Crippen LogP contribution in [0.15, 0.2) is 35.7 Å². The van der Waals surface area contributed by atoms with E-state index in [1.54, 1.807) is 23.5 Å². The van der Waals surface area contributed by atoms with Crippen molar-refractivity contribution >= 4 is 32.7 Å². The second-order valence-electron chi connectivity index (χ2n) is 4.33.